The lowest BCUT2D eigenvalue weighted by atomic mass is 10.1. The quantitative estimate of drug-likeness (QED) is 0.560. The Kier molecular flexibility index (Phi) is 6.15. The van der Waals surface area contributed by atoms with E-state index in [4.69, 9.17) is 9.47 Å². The Bertz CT molecular complexity index is 1290. The number of ether oxygens (including phenoxy) is 2. The number of rotatable bonds is 6. The number of carbonyl (C=O) groups excluding carboxylic acids is 1. The largest absolute Gasteiger partial charge is 0.497 e. The van der Waals surface area contributed by atoms with E-state index in [1.54, 1.807) is 61.7 Å². The molecule has 172 valence electrons. The molecule has 1 aliphatic rings. The Labute approximate surface area is 193 Å². The average molecular weight is 468 g/mol. The number of benzene rings is 3. The zero-order valence-corrected chi connectivity index (χ0v) is 19.4. The molecule has 0 radical (unpaired) electrons. The van der Waals surface area contributed by atoms with Gasteiger partial charge in [-0.15, -0.1) is 0 Å². The number of fused-ring (bicyclic) bond motifs is 1. The Morgan fingerprint density at radius 2 is 1.70 bits per heavy atom. The highest BCUT2D eigenvalue weighted by molar-refractivity contribution is 7.92. The number of carbonyl (C=O) groups is 1. The van der Waals surface area contributed by atoms with Gasteiger partial charge in [0, 0.05) is 18.3 Å². The van der Waals surface area contributed by atoms with E-state index in [9.17, 15) is 13.2 Å². The molecule has 9 heteroatoms. The molecule has 0 saturated heterocycles. The van der Waals surface area contributed by atoms with Crippen molar-refractivity contribution in [3.63, 3.8) is 0 Å². The summed E-state index contributed by atoms with van der Waals surface area (Å²) in [6.07, 6.45) is 0.607. The van der Waals surface area contributed by atoms with Gasteiger partial charge in [0.25, 0.3) is 10.0 Å². The van der Waals surface area contributed by atoms with Gasteiger partial charge in [-0.3, -0.25) is 4.31 Å². The summed E-state index contributed by atoms with van der Waals surface area (Å²) >= 11 is 0. The number of sulfonamides is 1. The number of anilines is 3. The molecule has 4 rings (SSSR count). The van der Waals surface area contributed by atoms with Crippen molar-refractivity contribution in [3.8, 4) is 11.5 Å². The minimum absolute atomic E-state index is 0.239. The number of nitrogens with one attached hydrogen (secondary N) is 2. The van der Waals surface area contributed by atoms with Gasteiger partial charge in [-0.05, 0) is 55.3 Å². The standard InChI is InChI=1S/C24H25N3O5S/c1-16-4-9-20(10-5-16)33(29,30)27-13-12-17-6-7-18(14-22(17)27)25-24(28)26-21-11-8-19(31-2)15-23(21)32-3/h4-11,14-15H,12-13H2,1-3H3,(H2,25,26,28). The first kappa shape index (κ1) is 22.5. The van der Waals surface area contributed by atoms with Crippen molar-refractivity contribution in [1.82, 2.24) is 0 Å². The van der Waals surface area contributed by atoms with Crippen molar-refractivity contribution in [2.75, 3.05) is 35.7 Å². The monoisotopic (exact) mass is 467 g/mol. The number of hydrogen-bond acceptors (Lipinski definition) is 5. The SMILES string of the molecule is COc1ccc(NC(=O)Nc2ccc3c(c2)N(S(=O)(=O)c2ccc(C)cc2)CC3)c(OC)c1. The first-order valence-electron chi connectivity index (χ1n) is 10.3. The number of urea groups is 1. The maximum absolute atomic E-state index is 13.2. The second-order valence-corrected chi connectivity index (χ2v) is 9.49. The maximum atomic E-state index is 13.2. The maximum Gasteiger partial charge on any atom is 0.323 e. The van der Waals surface area contributed by atoms with E-state index in [0.717, 1.165) is 11.1 Å². The first-order valence-corrected chi connectivity index (χ1v) is 11.8. The average Bonchev–Trinajstić information content (AvgIpc) is 3.23. The highest BCUT2D eigenvalue weighted by Gasteiger charge is 2.31. The molecular weight excluding hydrogens is 442 g/mol. The van der Waals surface area contributed by atoms with E-state index in [0.29, 0.717) is 41.5 Å². The van der Waals surface area contributed by atoms with Crippen LogP contribution in [0.15, 0.2) is 65.6 Å². The molecular formula is C24H25N3O5S. The molecule has 2 amide bonds. The molecule has 0 aromatic heterocycles. The number of amides is 2. The Hall–Kier alpha value is -3.72. The van der Waals surface area contributed by atoms with Gasteiger partial charge in [0.1, 0.15) is 11.5 Å². The van der Waals surface area contributed by atoms with Gasteiger partial charge < -0.3 is 20.1 Å². The van der Waals surface area contributed by atoms with Crippen LogP contribution in [0.1, 0.15) is 11.1 Å². The van der Waals surface area contributed by atoms with Crippen LogP contribution in [0.5, 0.6) is 11.5 Å². The normalized spacial score (nSPS) is 12.8. The molecule has 1 aliphatic heterocycles. The molecule has 0 aliphatic carbocycles. The molecule has 0 atom stereocenters. The molecule has 3 aromatic rings. The van der Waals surface area contributed by atoms with Crippen LogP contribution < -0.4 is 24.4 Å². The van der Waals surface area contributed by atoms with E-state index < -0.39 is 16.1 Å². The summed E-state index contributed by atoms with van der Waals surface area (Å²) < 4.78 is 38.3. The van der Waals surface area contributed by atoms with Gasteiger partial charge in [0.15, 0.2) is 0 Å². The fraction of sp³-hybridized carbons (Fsp3) is 0.208. The molecule has 3 aromatic carbocycles. The summed E-state index contributed by atoms with van der Waals surface area (Å²) in [5.41, 5.74) is 3.41. The fourth-order valence-electron chi connectivity index (χ4n) is 3.70. The molecule has 0 unspecified atom stereocenters. The van der Waals surface area contributed by atoms with Crippen LogP contribution in [-0.4, -0.2) is 35.2 Å². The van der Waals surface area contributed by atoms with Gasteiger partial charge in [-0.25, -0.2) is 13.2 Å². The van der Waals surface area contributed by atoms with Crippen molar-refractivity contribution >= 4 is 33.1 Å². The molecule has 33 heavy (non-hydrogen) atoms. The third-order valence-corrected chi connectivity index (χ3v) is 7.29. The number of nitrogens with zero attached hydrogens (tertiary/aromatic N) is 1. The number of hydrogen-bond donors (Lipinski definition) is 2. The van der Waals surface area contributed by atoms with Crippen LogP contribution in [-0.2, 0) is 16.4 Å². The van der Waals surface area contributed by atoms with Gasteiger partial charge in [-0.1, -0.05) is 23.8 Å². The predicted octanol–water partition coefficient (Wildman–Crippen LogP) is 4.41. The highest BCUT2D eigenvalue weighted by Crippen LogP contribution is 2.35. The zero-order chi connectivity index (χ0) is 23.6. The Morgan fingerprint density at radius 1 is 0.939 bits per heavy atom. The van der Waals surface area contributed by atoms with Crippen molar-refractivity contribution in [2.24, 2.45) is 0 Å². The number of aryl methyl sites for hydroxylation is 1. The molecule has 1 heterocycles. The minimum Gasteiger partial charge on any atom is -0.497 e. The van der Waals surface area contributed by atoms with Gasteiger partial charge >= 0.3 is 6.03 Å². The Balaban J connectivity index is 1.54. The lowest BCUT2D eigenvalue weighted by molar-refractivity contribution is 0.262. The summed E-state index contributed by atoms with van der Waals surface area (Å²) in [6.45, 7) is 2.26. The van der Waals surface area contributed by atoms with E-state index in [1.165, 1.54) is 11.4 Å². The summed E-state index contributed by atoms with van der Waals surface area (Å²) in [7, 11) is -0.654. The van der Waals surface area contributed by atoms with Gasteiger partial charge in [0.2, 0.25) is 0 Å². The predicted molar refractivity (Wildman–Crippen MR) is 128 cm³/mol. The van der Waals surface area contributed by atoms with Crippen molar-refractivity contribution in [3.05, 3.63) is 71.8 Å². The summed E-state index contributed by atoms with van der Waals surface area (Å²) in [5, 5.41) is 5.50. The van der Waals surface area contributed by atoms with Crippen LogP contribution in [0.3, 0.4) is 0 Å². The molecule has 0 saturated carbocycles. The highest BCUT2D eigenvalue weighted by atomic mass is 32.2. The third-order valence-electron chi connectivity index (χ3n) is 5.46. The van der Waals surface area contributed by atoms with Crippen LogP contribution in [0.2, 0.25) is 0 Å². The summed E-state index contributed by atoms with van der Waals surface area (Å²) in [5.74, 6) is 1.06. The zero-order valence-electron chi connectivity index (χ0n) is 18.6. The van der Waals surface area contributed by atoms with Crippen LogP contribution in [0.25, 0.3) is 0 Å². The number of methoxy groups -OCH3 is 2. The van der Waals surface area contributed by atoms with Crippen LogP contribution >= 0.6 is 0 Å². The molecule has 0 spiro atoms. The lowest BCUT2D eigenvalue weighted by Gasteiger charge is -2.20. The topological polar surface area (TPSA) is 97.0 Å². The minimum atomic E-state index is -3.70. The summed E-state index contributed by atoms with van der Waals surface area (Å²) in [4.78, 5) is 12.8. The third kappa shape index (κ3) is 4.58. The van der Waals surface area contributed by atoms with E-state index in [2.05, 4.69) is 10.6 Å². The fourth-order valence-corrected chi connectivity index (χ4v) is 5.20. The molecule has 0 bridgehead atoms. The first-order chi connectivity index (χ1) is 15.8. The van der Waals surface area contributed by atoms with E-state index in [-0.39, 0.29) is 4.90 Å². The Morgan fingerprint density at radius 3 is 2.39 bits per heavy atom. The smallest absolute Gasteiger partial charge is 0.323 e. The molecule has 8 nitrogen and oxygen atoms in total. The summed E-state index contributed by atoms with van der Waals surface area (Å²) in [6, 6.07) is 16.6. The van der Waals surface area contributed by atoms with Crippen molar-refractivity contribution in [2.45, 2.75) is 18.2 Å². The lowest BCUT2D eigenvalue weighted by Crippen LogP contribution is -2.29. The van der Waals surface area contributed by atoms with Crippen LogP contribution in [0.4, 0.5) is 21.9 Å². The van der Waals surface area contributed by atoms with E-state index in [1.807, 2.05) is 13.0 Å². The van der Waals surface area contributed by atoms with Crippen LogP contribution in [0, 0.1) is 6.92 Å². The molecule has 0 fully saturated rings. The second kappa shape index (κ2) is 9.03. The van der Waals surface area contributed by atoms with E-state index >= 15 is 0 Å². The second-order valence-electron chi connectivity index (χ2n) is 7.63. The van der Waals surface area contributed by atoms with Gasteiger partial charge in [-0.2, -0.15) is 0 Å². The van der Waals surface area contributed by atoms with Crippen molar-refractivity contribution < 1.29 is 22.7 Å². The van der Waals surface area contributed by atoms with Gasteiger partial charge in [0.05, 0.1) is 30.5 Å². The molecule has 2 N–H and O–H groups in total. The van der Waals surface area contributed by atoms with Crippen molar-refractivity contribution in [1.29, 1.82) is 0 Å².